The fourth-order valence-corrected chi connectivity index (χ4v) is 2.11. The monoisotopic (exact) mass is 213 g/mol. The third kappa shape index (κ3) is 3.18. The van der Waals surface area contributed by atoms with Crippen LogP contribution in [0.1, 0.15) is 25.7 Å². The zero-order valence-electron chi connectivity index (χ0n) is 9.04. The lowest BCUT2D eigenvalue weighted by atomic mass is 10.0. The largest absolute Gasteiger partial charge is 0.462 e. The number of carbonyl (C=O) groups is 1. The lowest BCUT2D eigenvalue weighted by Gasteiger charge is -2.26. The molecule has 2 fully saturated rings. The molecule has 0 aromatic heterocycles. The minimum atomic E-state index is -0.00907. The van der Waals surface area contributed by atoms with E-state index in [9.17, 15) is 4.79 Å². The zero-order chi connectivity index (χ0) is 10.5. The van der Waals surface area contributed by atoms with Crippen LogP contribution in [0.15, 0.2) is 0 Å². The van der Waals surface area contributed by atoms with E-state index < -0.39 is 0 Å². The smallest absolute Gasteiger partial charge is 0.309 e. The number of hydrogen-bond acceptors (Lipinski definition) is 4. The maximum absolute atomic E-state index is 11.8. The van der Waals surface area contributed by atoms with Crippen LogP contribution in [0.5, 0.6) is 0 Å². The molecule has 4 nitrogen and oxygen atoms in total. The second-order valence-electron chi connectivity index (χ2n) is 4.27. The average molecular weight is 213 g/mol. The van der Waals surface area contributed by atoms with Crippen LogP contribution in [0, 0.1) is 5.92 Å². The Morgan fingerprint density at radius 2 is 1.80 bits per heavy atom. The van der Waals surface area contributed by atoms with Gasteiger partial charge in [-0.25, -0.2) is 0 Å². The van der Waals surface area contributed by atoms with E-state index in [4.69, 9.17) is 9.47 Å². The Morgan fingerprint density at radius 1 is 1.13 bits per heavy atom. The van der Waals surface area contributed by atoms with E-state index in [1.807, 2.05) is 0 Å². The SMILES string of the molecule is O=C(OC1CCNCC1)C1CCOCC1. The van der Waals surface area contributed by atoms with Crippen LogP contribution in [-0.2, 0) is 14.3 Å². The van der Waals surface area contributed by atoms with Crippen molar-refractivity contribution in [2.75, 3.05) is 26.3 Å². The first-order valence-electron chi connectivity index (χ1n) is 5.85. The molecule has 0 amide bonds. The number of rotatable bonds is 2. The summed E-state index contributed by atoms with van der Waals surface area (Å²) >= 11 is 0. The van der Waals surface area contributed by atoms with Gasteiger partial charge in [0.1, 0.15) is 6.10 Å². The molecular weight excluding hydrogens is 194 g/mol. The standard InChI is InChI=1S/C11H19NO3/c13-11(9-3-7-14-8-4-9)15-10-1-5-12-6-2-10/h9-10,12H,1-8H2. The number of carbonyl (C=O) groups excluding carboxylic acids is 1. The molecule has 0 aromatic rings. The summed E-state index contributed by atoms with van der Waals surface area (Å²) in [4.78, 5) is 11.8. The number of esters is 1. The normalized spacial score (nSPS) is 25.1. The molecule has 0 saturated carbocycles. The molecule has 2 aliphatic heterocycles. The van der Waals surface area contributed by atoms with Gasteiger partial charge in [0.25, 0.3) is 0 Å². The summed E-state index contributed by atoms with van der Waals surface area (Å²) < 4.78 is 10.7. The molecule has 0 atom stereocenters. The van der Waals surface area contributed by atoms with E-state index in [2.05, 4.69) is 5.32 Å². The highest BCUT2D eigenvalue weighted by molar-refractivity contribution is 5.72. The average Bonchev–Trinajstić information content (AvgIpc) is 2.31. The van der Waals surface area contributed by atoms with Gasteiger partial charge in [-0.15, -0.1) is 0 Å². The van der Waals surface area contributed by atoms with Crippen molar-refractivity contribution in [3.05, 3.63) is 0 Å². The van der Waals surface area contributed by atoms with Crippen LogP contribution >= 0.6 is 0 Å². The van der Waals surface area contributed by atoms with Crippen molar-refractivity contribution in [2.45, 2.75) is 31.8 Å². The molecule has 0 aromatic carbocycles. The van der Waals surface area contributed by atoms with Gasteiger partial charge < -0.3 is 14.8 Å². The minimum absolute atomic E-state index is 0.00907. The van der Waals surface area contributed by atoms with Crippen LogP contribution < -0.4 is 5.32 Å². The second kappa shape index (κ2) is 5.47. The molecule has 0 bridgehead atoms. The summed E-state index contributed by atoms with van der Waals surface area (Å²) in [5.41, 5.74) is 0. The summed E-state index contributed by atoms with van der Waals surface area (Å²) in [5.74, 6) is 0.0684. The first-order valence-corrected chi connectivity index (χ1v) is 5.85. The van der Waals surface area contributed by atoms with E-state index in [0.717, 1.165) is 38.8 Å². The predicted octanol–water partition coefficient (Wildman–Crippen LogP) is 0.708. The molecule has 2 aliphatic rings. The van der Waals surface area contributed by atoms with Gasteiger partial charge in [-0.3, -0.25) is 4.79 Å². The molecule has 2 heterocycles. The summed E-state index contributed by atoms with van der Waals surface area (Å²) in [6.45, 7) is 3.33. The summed E-state index contributed by atoms with van der Waals surface area (Å²) in [7, 11) is 0. The fraction of sp³-hybridized carbons (Fsp3) is 0.909. The summed E-state index contributed by atoms with van der Waals surface area (Å²) in [6, 6.07) is 0. The van der Waals surface area contributed by atoms with Gasteiger partial charge >= 0.3 is 5.97 Å². The van der Waals surface area contributed by atoms with Gasteiger partial charge in [0.2, 0.25) is 0 Å². The predicted molar refractivity (Wildman–Crippen MR) is 55.5 cm³/mol. The highest BCUT2D eigenvalue weighted by atomic mass is 16.5. The van der Waals surface area contributed by atoms with Crippen molar-refractivity contribution in [2.24, 2.45) is 5.92 Å². The van der Waals surface area contributed by atoms with Crippen molar-refractivity contribution < 1.29 is 14.3 Å². The van der Waals surface area contributed by atoms with Crippen molar-refractivity contribution in [3.8, 4) is 0 Å². The topological polar surface area (TPSA) is 47.6 Å². The first-order chi connectivity index (χ1) is 7.36. The highest BCUT2D eigenvalue weighted by Crippen LogP contribution is 2.18. The molecule has 86 valence electrons. The Balaban J connectivity index is 1.74. The van der Waals surface area contributed by atoms with Gasteiger partial charge in [-0.05, 0) is 38.8 Å². The van der Waals surface area contributed by atoms with Gasteiger partial charge in [0.05, 0.1) is 5.92 Å². The lowest BCUT2D eigenvalue weighted by Crippen LogP contribution is -2.36. The van der Waals surface area contributed by atoms with Crippen molar-refractivity contribution in [1.82, 2.24) is 5.32 Å². The quantitative estimate of drug-likeness (QED) is 0.686. The maximum atomic E-state index is 11.8. The molecular formula is C11H19NO3. The van der Waals surface area contributed by atoms with Crippen molar-refractivity contribution in [1.29, 1.82) is 0 Å². The summed E-state index contributed by atoms with van der Waals surface area (Å²) in [5, 5.41) is 3.26. The summed E-state index contributed by atoms with van der Waals surface area (Å²) in [6.07, 6.45) is 3.69. The Kier molecular flexibility index (Phi) is 3.97. The van der Waals surface area contributed by atoms with E-state index in [1.165, 1.54) is 0 Å². The van der Waals surface area contributed by atoms with E-state index in [0.29, 0.717) is 13.2 Å². The molecule has 4 heteroatoms. The second-order valence-corrected chi connectivity index (χ2v) is 4.27. The lowest BCUT2D eigenvalue weighted by molar-refractivity contribution is -0.158. The van der Waals surface area contributed by atoms with Gasteiger partial charge in [0.15, 0.2) is 0 Å². The van der Waals surface area contributed by atoms with Crippen LogP contribution in [-0.4, -0.2) is 38.4 Å². The van der Waals surface area contributed by atoms with Crippen molar-refractivity contribution >= 4 is 5.97 Å². The Hall–Kier alpha value is -0.610. The number of piperidine rings is 1. The molecule has 0 spiro atoms. The number of nitrogens with one attached hydrogen (secondary N) is 1. The Morgan fingerprint density at radius 3 is 2.47 bits per heavy atom. The molecule has 1 N–H and O–H groups in total. The van der Waals surface area contributed by atoms with E-state index in [-0.39, 0.29) is 18.0 Å². The molecule has 0 radical (unpaired) electrons. The van der Waals surface area contributed by atoms with Gasteiger partial charge in [0, 0.05) is 13.2 Å². The minimum Gasteiger partial charge on any atom is -0.462 e. The zero-order valence-corrected chi connectivity index (χ0v) is 9.04. The molecule has 2 rings (SSSR count). The Bertz CT molecular complexity index is 208. The Labute approximate surface area is 90.3 Å². The molecule has 2 saturated heterocycles. The maximum Gasteiger partial charge on any atom is 0.309 e. The van der Waals surface area contributed by atoms with Crippen LogP contribution in [0.25, 0.3) is 0 Å². The van der Waals surface area contributed by atoms with E-state index in [1.54, 1.807) is 0 Å². The van der Waals surface area contributed by atoms with E-state index >= 15 is 0 Å². The van der Waals surface area contributed by atoms with Gasteiger partial charge in [-0.1, -0.05) is 0 Å². The van der Waals surface area contributed by atoms with Crippen LogP contribution in [0.4, 0.5) is 0 Å². The number of ether oxygens (including phenoxy) is 2. The number of hydrogen-bond donors (Lipinski definition) is 1. The first kappa shape index (κ1) is 10.9. The third-order valence-electron chi connectivity index (χ3n) is 3.12. The molecule has 15 heavy (non-hydrogen) atoms. The highest BCUT2D eigenvalue weighted by Gasteiger charge is 2.26. The van der Waals surface area contributed by atoms with Crippen LogP contribution in [0.2, 0.25) is 0 Å². The van der Waals surface area contributed by atoms with Gasteiger partial charge in [-0.2, -0.15) is 0 Å². The molecule has 0 unspecified atom stereocenters. The fourth-order valence-electron chi connectivity index (χ4n) is 2.11. The van der Waals surface area contributed by atoms with Crippen LogP contribution in [0.3, 0.4) is 0 Å². The van der Waals surface area contributed by atoms with Crippen molar-refractivity contribution in [3.63, 3.8) is 0 Å². The third-order valence-corrected chi connectivity index (χ3v) is 3.12. The molecule has 0 aliphatic carbocycles.